The highest BCUT2D eigenvalue weighted by Gasteiger charge is 2.33. The molecule has 0 radical (unpaired) electrons. The fraction of sp³-hybridized carbons (Fsp3) is 1.00. The first kappa shape index (κ1) is 13.0. The van der Waals surface area contributed by atoms with Crippen LogP contribution in [0.25, 0.3) is 0 Å². The van der Waals surface area contributed by atoms with Crippen molar-refractivity contribution in [3.63, 3.8) is 0 Å². The summed E-state index contributed by atoms with van der Waals surface area (Å²) >= 11 is 0. The van der Waals surface area contributed by atoms with Crippen LogP contribution in [0, 0.1) is 17.3 Å². The van der Waals surface area contributed by atoms with E-state index in [0.29, 0.717) is 5.41 Å². The minimum atomic E-state index is 0.568. The molecule has 0 aliphatic carbocycles. The van der Waals surface area contributed by atoms with E-state index in [2.05, 4.69) is 41.5 Å². The number of hydrogen-bond acceptors (Lipinski definition) is 0. The van der Waals surface area contributed by atoms with E-state index in [1.54, 1.807) is 0 Å². The molecule has 0 amide bonds. The maximum atomic E-state index is 2.48. The summed E-state index contributed by atoms with van der Waals surface area (Å²) in [7, 11) is 0. The largest absolute Gasteiger partial charge is 0.0654 e. The van der Waals surface area contributed by atoms with Gasteiger partial charge in [0.05, 0.1) is 0 Å². The molecule has 0 rings (SSSR count). The summed E-state index contributed by atoms with van der Waals surface area (Å²) in [5.74, 6) is 1.73. The topological polar surface area (TPSA) is 0 Å². The molecule has 0 aliphatic rings. The van der Waals surface area contributed by atoms with Gasteiger partial charge in [0.15, 0.2) is 0 Å². The van der Waals surface area contributed by atoms with Gasteiger partial charge in [-0.05, 0) is 23.7 Å². The second kappa shape index (κ2) is 5.67. The lowest BCUT2D eigenvalue weighted by atomic mass is 9.65. The van der Waals surface area contributed by atoms with Crippen molar-refractivity contribution < 1.29 is 0 Å². The molecule has 1 atom stereocenters. The number of rotatable bonds is 6. The summed E-state index contributed by atoms with van der Waals surface area (Å²) in [5, 5.41) is 0. The maximum Gasteiger partial charge on any atom is -0.0275 e. The highest BCUT2D eigenvalue weighted by molar-refractivity contribution is 4.83. The second-order valence-electron chi connectivity index (χ2n) is 4.92. The van der Waals surface area contributed by atoms with Crippen molar-refractivity contribution in [2.75, 3.05) is 0 Å². The minimum Gasteiger partial charge on any atom is -0.0654 e. The van der Waals surface area contributed by atoms with Gasteiger partial charge in [-0.25, -0.2) is 0 Å². The molecule has 0 aliphatic heterocycles. The van der Waals surface area contributed by atoms with E-state index in [-0.39, 0.29) is 0 Å². The predicted octanol–water partition coefficient (Wildman–Crippen LogP) is 4.89. The van der Waals surface area contributed by atoms with Crippen LogP contribution in [-0.4, -0.2) is 0 Å². The fourth-order valence-electron chi connectivity index (χ4n) is 2.72. The van der Waals surface area contributed by atoms with Gasteiger partial charge in [-0.15, -0.1) is 0 Å². The lowest BCUT2D eigenvalue weighted by Crippen LogP contribution is -2.32. The second-order valence-corrected chi connectivity index (χ2v) is 4.92. The van der Waals surface area contributed by atoms with E-state index in [4.69, 9.17) is 0 Å². The Bertz CT molecular complexity index is 122. The number of hydrogen-bond donors (Lipinski definition) is 0. The molecule has 1 unspecified atom stereocenters. The van der Waals surface area contributed by atoms with Crippen molar-refractivity contribution in [3.8, 4) is 0 Å². The molecule has 0 aromatic heterocycles. The summed E-state index contributed by atoms with van der Waals surface area (Å²) in [5.41, 5.74) is 0.568. The van der Waals surface area contributed by atoms with Crippen molar-refractivity contribution >= 4 is 0 Å². The Kier molecular flexibility index (Phi) is 5.67. The Morgan fingerprint density at radius 2 is 1.46 bits per heavy atom. The van der Waals surface area contributed by atoms with E-state index in [0.717, 1.165) is 11.8 Å². The van der Waals surface area contributed by atoms with Gasteiger partial charge in [-0.1, -0.05) is 60.8 Å². The van der Waals surface area contributed by atoms with E-state index in [1.165, 1.54) is 25.7 Å². The van der Waals surface area contributed by atoms with Crippen LogP contribution in [0.4, 0.5) is 0 Å². The Labute approximate surface area is 85.1 Å². The van der Waals surface area contributed by atoms with Crippen molar-refractivity contribution in [2.45, 2.75) is 67.2 Å². The summed E-state index contributed by atoms with van der Waals surface area (Å²) in [6, 6.07) is 0. The molecule has 0 heteroatoms. The van der Waals surface area contributed by atoms with Crippen molar-refractivity contribution in [2.24, 2.45) is 17.3 Å². The maximum absolute atomic E-state index is 2.48. The highest BCUT2D eigenvalue weighted by Crippen LogP contribution is 2.43. The molecule has 0 saturated heterocycles. The van der Waals surface area contributed by atoms with Crippen LogP contribution in [-0.2, 0) is 0 Å². The SMILES string of the molecule is CCCC(C)(C(C)C)C(CC)CC. The quantitative estimate of drug-likeness (QED) is 0.551. The first-order chi connectivity index (χ1) is 6.02. The van der Waals surface area contributed by atoms with Gasteiger partial charge in [0.2, 0.25) is 0 Å². The summed E-state index contributed by atoms with van der Waals surface area (Å²) in [6.07, 6.45) is 5.39. The van der Waals surface area contributed by atoms with Gasteiger partial charge in [-0.2, -0.15) is 0 Å². The molecular weight excluding hydrogens is 156 g/mol. The van der Waals surface area contributed by atoms with Gasteiger partial charge in [-0.3, -0.25) is 0 Å². The normalized spacial score (nSPS) is 16.6. The van der Waals surface area contributed by atoms with Crippen molar-refractivity contribution in [1.29, 1.82) is 0 Å². The van der Waals surface area contributed by atoms with Crippen LogP contribution in [0.3, 0.4) is 0 Å². The van der Waals surface area contributed by atoms with Gasteiger partial charge >= 0.3 is 0 Å². The van der Waals surface area contributed by atoms with Gasteiger partial charge < -0.3 is 0 Å². The van der Waals surface area contributed by atoms with Crippen molar-refractivity contribution in [1.82, 2.24) is 0 Å². The van der Waals surface area contributed by atoms with Crippen LogP contribution in [0.15, 0.2) is 0 Å². The molecule has 0 bridgehead atoms. The smallest absolute Gasteiger partial charge is 0.0275 e. The lowest BCUT2D eigenvalue weighted by molar-refractivity contribution is 0.0915. The first-order valence-corrected chi connectivity index (χ1v) is 6.02. The lowest BCUT2D eigenvalue weighted by Gasteiger charge is -2.41. The third kappa shape index (κ3) is 3.00. The molecule has 80 valence electrons. The zero-order valence-corrected chi connectivity index (χ0v) is 10.5. The van der Waals surface area contributed by atoms with Crippen molar-refractivity contribution in [3.05, 3.63) is 0 Å². The molecular formula is C13H28. The van der Waals surface area contributed by atoms with Crippen LogP contribution in [0.1, 0.15) is 67.2 Å². The van der Waals surface area contributed by atoms with Gasteiger partial charge in [0.25, 0.3) is 0 Å². The van der Waals surface area contributed by atoms with Gasteiger partial charge in [0.1, 0.15) is 0 Å². The molecule has 0 fully saturated rings. The van der Waals surface area contributed by atoms with Crippen LogP contribution in [0.5, 0.6) is 0 Å². The third-order valence-corrected chi connectivity index (χ3v) is 4.03. The van der Waals surface area contributed by atoms with Crippen LogP contribution < -0.4 is 0 Å². The monoisotopic (exact) mass is 184 g/mol. The standard InChI is InChI=1S/C13H28/c1-7-10-13(6,11(4)5)12(8-2)9-3/h11-12H,7-10H2,1-6H3. The van der Waals surface area contributed by atoms with E-state index < -0.39 is 0 Å². The molecule has 0 N–H and O–H groups in total. The van der Waals surface area contributed by atoms with E-state index >= 15 is 0 Å². The van der Waals surface area contributed by atoms with Crippen LogP contribution in [0.2, 0.25) is 0 Å². The summed E-state index contributed by atoms with van der Waals surface area (Å²) in [6.45, 7) is 14.2. The predicted molar refractivity (Wildman–Crippen MR) is 61.9 cm³/mol. The van der Waals surface area contributed by atoms with Gasteiger partial charge in [0, 0.05) is 0 Å². The Balaban J connectivity index is 4.53. The summed E-state index contributed by atoms with van der Waals surface area (Å²) in [4.78, 5) is 0. The Morgan fingerprint density at radius 1 is 1.00 bits per heavy atom. The molecule has 0 aromatic rings. The molecule has 0 aromatic carbocycles. The van der Waals surface area contributed by atoms with Crippen LogP contribution >= 0.6 is 0 Å². The summed E-state index contributed by atoms with van der Waals surface area (Å²) < 4.78 is 0. The zero-order chi connectivity index (χ0) is 10.5. The molecule has 13 heavy (non-hydrogen) atoms. The van der Waals surface area contributed by atoms with E-state index in [1.807, 2.05) is 0 Å². The zero-order valence-electron chi connectivity index (χ0n) is 10.5. The highest BCUT2D eigenvalue weighted by atomic mass is 14.4. The van der Waals surface area contributed by atoms with E-state index in [9.17, 15) is 0 Å². The molecule has 0 spiro atoms. The molecule has 0 saturated carbocycles. The third-order valence-electron chi connectivity index (χ3n) is 4.03. The molecule has 0 nitrogen and oxygen atoms in total. The minimum absolute atomic E-state index is 0.568. The first-order valence-electron chi connectivity index (χ1n) is 6.02. The average molecular weight is 184 g/mol. The molecule has 0 heterocycles. The fourth-order valence-corrected chi connectivity index (χ4v) is 2.72. The average Bonchev–Trinajstić information content (AvgIpc) is 2.06. The Hall–Kier alpha value is 0. The Morgan fingerprint density at radius 3 is 1.69 bits per heavy atom.